The van der Waals surface area contributed by atoms with Crippen LogP contribution >= 0.6 is 17.0 Å². The van der Waals surface area contributed by atoms with Crippen molar-refractivity contribution in [3.63, 3.8) is 0 Å². The lowest BCUT2D eigenvalue weighted by Gasteiger charge is -2.26. The zero-order valence-electron chi connectivity index (χ0n) is 8.28. The highest BCUT2D eigenvalue weighted by molar-refractivity contribution is 8.93. The number of benzene rings is 1. The highest BCUT2D eigenvalue weighted by Gasteiger charge is 2.07. The van der Waals surface area contributed by atoms with Gasteiger partial charge in [-0.05, 0) is 5.56 Å². The molecule has 0 fully saturated rings. The van der Waals surface area contributed by atoms with Gasteiger partial charge in [0.1, 0.15) is 6.54 Å². The predicted molar refractivity (Wildman–Crippen MR) is 57.9 cm³/mol. The van der Waals surface area contributed by atoms with Crippen LogP contribution in [-0.4, -0.2) is 25.6 Å². The maximum atomic E-state index is 11.3. The van der Waals surface area contributed by atoms with Crippen molar-refractivity contribution in [2.24, 2.45) is 0 Å². The Bertz CT molecular complexity index is 268. The van der Waals surface area contributed by atoms with Crippen LogP contribution in [0, 0.1) is 0 Å². The van der Waals surface area contributed by atoms with Gasteiger partial charge < -0.3 is 9.59 Å². The molecule has 0 bridgehead atoms. The average Bonchev–Trinajstić information content (AvgIpc) is 1.91. The van der Waals surface area contributed by atoms with E-state index in [0.29, 0.717) is 0 Å². The Morgan fingerprint density at radius 1 is 1.15 bits per heavy atom. The minimum Gasteiger partial charge on any atom is -0.872 e. The molecule has 2 nitrogen and oxygen atoms in total. The Kier molecular flexibility index (Phi) is 4.44. The molecule has 0 spiro atoms. The van der Waals surface area contributed by atoms with Gasteiger partial charge in [-0.15, -0.1) is 22.7 Å². The van der Waals surface area contributed by atoms with Crippen molar-refractivity contribution in [2.75, 3.05) is 21.1 Å². The molecule has 1 rings (SSSR count). The Morgan fingerprint density at radius 3 is 2.15 bits per heavy atom. The van der Waals surface area contributed by atoms with E-state index >= 15 is 0 Å². The number of hydrogen-bond donors (Lipinski definition) is 0. The first-order valence-electron chi connectivity index (χ1n) is 4.04. The van der Waals surface area contributed by atoms with Crippen molar-refractivity contribution in [2.45, 2.75) is 6.54 Å². The van der Waals surface area contributed by atoms with E-state index in [1.54, 1.807) is 12.1 Å². The molecule has 1 aromatic carbocycles. The molecule has 0 saturated carbocycles. The van der Waals surface area contributed by atoms with Crippen molar-refractivity contribution in [3.05, 3.63) is 29.8 Å². The quantitative estimate of drug-likeness (QED) is 0.726. The Morgan fingerprint density at radius 2 is 1.69 bits per heavy atom. The van der Waals surface area contributed by atoms with Gasteiger partial charge in [0.15, 0.2) is 0 Å². The van der Waals surface area contributed by atoms with Crippen LogP contribution in [0.1, 0.15) is 5.56 Å². The van der Waals surface area contributed by atoms with Crippen LogP contribution in [0.3, 0.4) is 0 Å². The third kappa shape index (κ3) is 4.29. The number of halogens is 1. The molecule has 3 heteroatoms. The number of para-hydroxylation sites is 1. The van der Waals surface area contributed by atoms with E-state index in [4.69, 9.17) is 0 Å². The Labute approximate surface area is 90.2 Å². The molecule has 13 heavy (non-hydrogen) atoms. The van der Waals surface area contributed by atoms with Crippen LogP contribution in [-0.2, 0) is 6.54 Å². The molecule has 0 saturated heterocycles. The normalized spacial score (nSPS) is 10.7. The minimum atomic E-state index is 0. The maximum absolute atomic E-state index is 11.3. The molecule has 0 heterocycles. The van der Waals surface area contributed by atoms with Crippen LogP contribution < -0.4 is 5.11 Å². The van der Waals surface area contributed by atoms with Crippen LogP contribution in [0.25, 0.3) is 0 Å². The van der Waals surface area contributed by atoms with Gasteiger partial charge in [0, 0.05) is 0 Å². The van der Waals surface area contributed by atoms with E-state index < -0.39 is 0 Å². The fourth-order valence-corrected chi connectivity index (χ4v) is 1.15. The number of nitrogens with zero attached hydrogens (tertiary/aromatic N) is 1. The van der Waals surface area contributed by atoms with Crippen LogP contribution in [0.15, 0.2) is 24.3 Å². The van der Waals surface area contributed by atoms with Crippen molar-refractivity contribution in [3.8, 4) is 5.75 Å². The largest absolute Gasteiger partial charge is 0.872 e. The first kappa shape index (κ1) is 12.5. The summed E-state index contributed by atoms with van der Waals surface area (Å²) in [6.07, 6.45) is 0. The summed E-state index contributed by atoms with van der Waals surface area (Å²) < 4.78 is 0.791. The smallest absolute Gasteiger partial charge is 0.103 e. The molecule has 0 N–H and O–H groups in total. The predicted octanol–water partition coefficient (Wildman–Crippen LogP) is 1.54. The zero-order valence-corrected chi connectivity index (χ0v) is 9.99. The third-order valence-corrected chi connectivity index (χ3v) is 1.62. The third-order valence-electron chi connectivity index (χ3n) is 1.62. The number of rotatable bonds is 2. The minimum absolute atomic E-state index is 0. The monoisotopic (exact) mass is 245 g/mol. The van der Waals surface area contributed by atoms with Gasteiger partial charge >= 0.3 is 0 Å². The summed E-state index contributed by atoms with van der Waals surface area (Å²) in [5, 5.41) is 11.3. The maximum Gasteiger partial charge on any atom is 0.103 e. The standard InChI is InChI=1S/C10H15NO.BrH/c1-11(2,3)8-9-6-4-5-7-10(9)12;/h4-7H,8H2,1-3H3;1H. The topological polar surface area (TPSA) is 23.1 Å². The Hall–Kier alpha value is -0.540. The number of hydrogen-bond acceptors (Lipinski definition) is 1. The lowest BCUT2D eigenvalue weighted by molar-refractivity contribution is -0.884. The fourth-order valence-electron chi connectivity index (χ4n) is 1.15. The van der Waals surface area contributed by atoms with Crippen molar-refractivity contribution in [1.82, 2.24) is 0 Å². The van der Waals surface area contributed by atoms with E-state index in [9.17, 15) is 5.11 Å². The molecule has 1 aromatic rings. The molecule has 0 aliphatic heterocycles. The molecule has 0 radical (unpaired) electrons. The summed E-state index contributed by atoms with van der Waals surface area (Å²) >= 11 is 0. The van der Waals surface area contributed by atoms with E-state index in [0.717, 1.165) is 16.6 Å². The lowest BCUT2D eigenvalue weighted by Crippen LogP contribution is -2.33. The van der Waals surface area contributed by atoms with Gasteiger partial charge in [-0.1, -0.05) is 24.3 Å². The van der Waals surface area contributed by atoms with Crippen LogP contribution in [0.5, 0.6) is 5.75 Å². The van der Waals surface area contributed by atoms with E-state index in [1.165, 1.54) is 0 Å². The fraction of sp³-hybridized carbons (Fsp3) is 0.400. The van der Waals surface area contributed by atoms with Gasteiger partial charge in [-0.3, -0.25) is 0 Å². The van der Waals surface area contributed by atoms with Gasteiger partial charge in [0.25, 0.3) is 0 Å². The SMILES string of the molecule is Br.C[N+](C)(C)Cc1ccccc1[O-]. The molecular formula is C10H16BrNO. The molecule has 0 unspecified atom stereocenters. The molecule has 74 valence electrons. The van der Waals surface area contributed by atoms with Crippen LogP contribution in [0.4, 0.5) is 0 Å². The van der Waals surface area contributed by atoms with Gasteiger partial charge in [0.05, 0.1) is 21.1 Å². The van der Waals surface area contributed by atoms with Gasteiger partial charge in [0.2, 0.25) is 0 Å². The second-order valence-electron chi connectivity index (χ2n) is 4.06. The summed E-state index contributed by atoms with van der Waals surface area (Å²) in [6, 6.07) is 7.20. The van der Waals surface area contributed by atoms with Crippen molar-refractivity contribution >= 4 is 17.0 Å². The second kappa shape index (κ2) is 4.63. The van der Waals surface area contributed by atoms with Crippen molar-refractivity contribution in [1.29, 1.82) is 0 Å². The molecule has 0 amide bonds. The molecule has 0 aliphatic carbocycles. The van der Waals surface area contributed by atoms with E-state index in [2.05, 4.69) is 21.1 Å². The first-order valence-corrected chi connectivity index (χ1v) is 4.04. The molecule has 0 atom stereocenters. The summed E-state index contributed by atoms with van der Waals surface area (Å²) in [5.74, 6) is 0.144. The summed E-state index contributed by atoms with van der Waals surface area (Å²) in [5.41, 5.74) is 0.894. The molecular weight excluding hydrogens is 230 g/mol. The van der Waals surface area contributed by atoms with Crippen LogP contribution in [0.2, 0.25) is 0 Å². The average molecular weight is 246 g/mol. The van der Waals surface area contributed by atoms with Crippen molar-refractivity contribution < 1.29 is 9.59 Å². The summed E-state index contributed by atoms with van der Waals surface area (Å²) in [4.78, 5) is 0. The Balaban J connectivity index is 0.00000144. The van der Waals surface area contributed by atoms with E-state index in [1.807, 2.05) is 12.1 Å². The summed E-state index contributed by atoms with van der Waals surface area (Å²) in [7, 11) is 6.23. The van der Waals surface area contributed by atoms with Gasteiger partial charge in [-0.25, -0.2) is 0 Å². The summed E-state index contributed by atoms with van der Waals surface area (Å²) in [6.45, 7) is 0.791. The highest BCUT2D eigenvalue weighted by atomic mass is 79.9. The number of quaternary nitrogens is 1. The molecule has 0 aliphatic rings. The van der Waals surface area contributed by atoms with E-state index in [-0.39, 0.29) is 22.7 Å². The molecule has 0 aromatic heterocycles. The second-order valence-corrected chi connectivity index (χ2v) is 4.06. The lowest BCUT2D eigenvalue weighted by atomic mass is 10.2. The van der Waals surface area contributed by atoms with Gasteiger partial charge in [-0.2, -0.15) is 0 Å². The zero-order chi connectivity index (χ0) is 9.19. The highest BCUT2D eigenvalue weighted by Crippen LogP contribution is 2.15. The first-order chi connectivity index (χ1) is 5.49.